The van der Waals surface area contributed by atoms with E-state index in [1.807, 2.05) is 0 Å². The first-order valence-electron chi connectivity index (χ1n) is 4.27. The van der Waals surface area contributed by atoms with Crippen LogP contribution in [0.4, 0.5) is 0 Å². The van der Waals surface area contributed by atoms with Crippen molar-refractivity contribution in [1.82, 2.24) is 4.72 Å². The molecule has 0 saturated heterocycles. The van der Waals surface area contributed by atoms with Crippen LogP contribution in [0, 0.1) is 0 Å². The Morgan fingerprint density at radius 2 is 2.33 bits per heavy atom. The summed E-state index contributed by atoms with van der Waals surface area (Å²) in [6, 6.07) is 1.48. The first kappa shape index (κ1) is 12.6. The highest BCUT2D eigenvalue weighted by molar-refractivity contribution is 7.89. The zero-order chi connectivity index (χ0) is 11.3. The van der Waals surface area contributed by atoms with E-state index in [4.69, 9.17) is 9.84 Å². The molecule has 0 spiro atoms. The van der Waals surface area contributed by atoms with Gasteiger partial charge in [-0.3, -0.25) is 0 Å². The van der Waals surface area contributed by atoms with Crippen molar-refractivity contribution in [2.75, 3.05) is 20.3 Å². The van der Waals surface area contributed by atoms with Crippen LogP contribution in [0.2, 0.25) is 0 Å². The van der Waals surface area contributed by atoms with Crippen molar-refractivity contribution in [3.05, 3.63) is 16.3 Å². The van der Waals surface area contributed by atoms with Gasteiger partial charge in [-0.1, -0.05) is 0 Å². The molecule has 0 atom stereocenters. The number of ether oxygens (including phenoxy) is 1. The van der Waals surface area contributed by atoms with Crippen molar-refractivity contribution >= 4 is 21.4 Å². The normalized spacial score (nSPS) is 11.9. The van der Waals surface area contributed by atoms with E-state index in [2.05, 4.69) is 4.72 Å². The van der Waals surface area contributed by atoms with Gasteiger partial charge in [-0.05, 0) is 11.4 Å². The van der Waals surface area contributed by atoms with Crippen molar-refractivity contribution in [3.63, 3.8) is 0 Å². The first-order chi connectivity index (χ1) is 7.11. The molecule has 1 aromatic rings. The standard InChI is InChI=1S/C8H13NO4S2/c1-13-4-3-9-15(11,12)8-2-5-14-7(8)6-10/h2,5,9-10H,3-4,6H2,1H3. The molecule has 0 saturated carbocycles. The summed E-state index contributed by atoms with van der Waals surface area (Å²) < 4.78 is 30.5. The van der Waals surface area contributed by atoms with Crippen LogP contribution in [0.25, 0.3) is 0 Å². The predicted octanol–water partition coefficient (Wildman–Crippen LogP) is 0.165. The molecule has 0 fully saturated rings. The minimum atomic E-state index is -3.51. The lowest BCUT2D eigenvalue weighted by Gasteiger charge is -2.05. The molecule has 0 amide bonds. The number of hydrogen-bond acceptors (Lipinski definition) is 5. The lowest BCUT2D eigenvalue weighted by atomic mass is 10.5. The fourth-order valence-electron chi connectivity index (χ4n) is 1.04. The number of hydrogen-bond donors (Lipinski definition) is 2. The van der Waals surface area contributed by atoms with Crippen LogP contribution in [0.15, 0.2) is 16.3 Å². The average molecular weight is 251 g/mol. The SMILES string of the molecule is COCCNS(=O)(=O)c1ccsc1CO. The first-order valence-corrected chi connectivity index (χ1v) is 6.64. The molecular weight excluding hydrogens is 238 g/mol. The van der Waals surface area contributed by atoms with Crippen LogP contribution in [0.1, 0.15) is 4.88 Å². The number of sulfonamides is 1. The molecule has 86 valence electrons. The Kier molecular flexibility index (Phi) is 4.68. The van der Waals surface area contributed by atoms with Gasteiger partial charge in [0.15, 0.2) is 0 Å². The third kappa shape index (κ3) is 3.25. The molecule has 0 radical (unpaired) electrons. The molecule has 5 nitrogen and oxygen atoms in total. The highest BCUT2D eigenvalue weighted by atomic mass is 32.2. The largest absolute Gasteiger partial charge is 0.391 e. The van der Waals surface area contributed by atoms with E-state index >= 15 is 0 Å². The molecule has 0 aliphatic heterocycles. The van der Waals surface area contributed by atoms with Crippen LogP contribution < -0.4 is 4.72 Å². The van der Waals surface area contributed by atoms with Gasteiger partial charge in [0.1, 0.15) is 0 Å². The highest BCUT2D eigenvalue weighted by Crippen LogP contribution is 2.21. The third-order valence-electron chi connectivity index (χ3n) is 1.74. The minimum Gasteiger partial charge on any atom is -0.391 e. The molecular formula is C8H13NO4S2. The number of methoxy groups -OCH3 is 1. The van der Waals surface area contributed by atoms with E-state index in [1.165, 1.54) is 24.5 Å². The highest BCUT2D eigenvalue weighted by Gasteiger charge is 2.18. The van der Waals surface area contributed by atoms with Crippen molar-refractivity contribution in [1.29, 1.82) is 0 Å². The second-order valence-electron chi connectivity index (χ2n) is 2.76. The van der Waals surface area contributed by atoms with Gasteiger partial charge in [0.05, 0.1) is 18.1 Å². The van der Waals surface area contributed by atoms with Gasteiger partial charge in [-0.25, -0.2) is 13.1 Å². The summed E-state index contributed by atoms with van der Waals surface area (Å²) in [6.07, 6.45) is 0. The van der Waals surface area contributed by atoms with Gasteiger partial charge in [0, 0.05) is 18.5 Å². The van der Waals surface area contributed by atoms with Crippen LogP contribution in [-0.4, -0.2) is 33.8 Å². The van der Waals surface area contributed by atoms with Crippen molar-refractivity contribution in [2.24, 2.45) is 0 Å². The molecule has 1 heterocycles. The smallest absolute Gasteiger partial charge is 0.241 e. The van der Waals surface area contributed by atoms with Crippen LogP contribution >= 0.6 is 11.3 Å². The molecule has 1 aromatic heterocycles. The van der Waals surface area contributed by atoms with Crippen LogP contribution in [0.3, 0.4) is 0 Å². The van der Waals surface area contributed by atoms with E-state index in [0.29, 0.717) is 11.5 Å². The Morgan fingerprint density at radius 1 is 1.60 bits per heavy atom. The van der Waals surface area contributed by atoms with Crippen molar-refractivity contribution < 1.29 is 18.3 Å². The van der Waals surface area contributed by atoms with Crippen LogP contribution in [0.5, 0.6) is 0 Å². The fraction of sp³-hybridized carbons (Fsp3) is 0.500. The lowest BCUT2D eigenvalue weighted by Crippen LogP contribution is -2.27. The van der Waals surface area contributed by atoms with E-state index in [0.717, 1.165) is 0 Å². The summed E-state index contributed by atoms with van der Waals surface area (Å²) in [4.78, 5) is 0.589. The quantitative estimate of drug-likeness (QED) is 0.706. The molecule has 2 N–H and O–H groups in total. The monoisotopic (exact) mass is 251 g/mol. The van der Waals surface area contributed by atoms with E-state index in [1.54, 1.807) is 5.38 Å². The Balaban J connectivity index is 2.77. The number of nitrogens with one attached hydrogen (secondary N) is 1. The minimum absolute atomic E-state index is 0.145. The Bertz CT molecular complexity index is 399. The van der Waals surface area contributed by atoms with Gasteiger partial charge in [0.2, 0.25) is 10.0 Å². The number of rotatable bonds is 6. The van der Waals surface area contributed by atoms with Gasteiger partial charge in [0.25, 0.3) is 0 Å². The van der Waals surface area contributed by atoms with Gasteiger partial charge in [-0.15, -0.1) is 11.3 Å². The molecule has 0 aromatic carbocycles. The number of aliphatic hydroxyl groups excluding tert-OH is 1. The zero-order valence-electron chi connectivity index (χ0n) is 8.26. The maximum Gasteiger partial charge on any atom is 0.241 e. The fourth-order valence-corrected chi connectivity index (χ4v) is 3.35. The molecule has 0 aliphatic carbocycles. The molecule has 0 aliphatic rings. The summed E-state index contributed by atoms with van der Waals surface area (Å²) in [5.74, 6) is 0. The second-order valence-corrected chi connectivity index (χ2v) is 5.49. The average Bonchev–Trinajstić information content (AvgIpc) is 2.66. The molecule has 0 unspecified atom stereocenters. The third-order valence-corrected chi connectivity index (χ3v) is 4.32. The number of aliphatic hydroxyl groups is 1. The predicted molar refractivity (Wildman–Crippen MR) is 57.3 cm³/mol. The van der Waals surface area contributed by atoms with Gasteiger partial charge in [-0.2, -0.15) is 0 Å². The van der Waals surface area contributed by atoms with Gasteiger partial charge >= 0.3 is 0 Å². The Morgan fingerprint density at radius 3 is 2.93 bits per heavy atom. The maximum atomic E-state index is 11.7. The van der Waals surface area contributed by atoms with E-state index in [-0.39, 0.29) is 18.0 Å². The second kappa shape index (κ2) is 5.57. The maximum absolute atomic E-state index is 11.7. The Labute approximate surface area is 92.7 Å². The summed E-state index contributed by atoms with van der Waals surface area (Å²) >= 11 is 1.22. The van der Waals surface area contributed by atoms with E-state index in [9.17, 15) is 8.42 Å². The Hall–Kier alpha value is -0.470. The van der Waals surface area contributed by atoms with Crippen molar-refractivity contribution in [2.45, 2.75) is 11.5 Å². The summed E-state index contributed by atoms with van der Waals surface area (Å²) in [5.41, 5.74) is 0. The zero-order valence-corrected chi connectivity index (χ0v) is 9.90. The van der Waals surface area contributed by atoms with E-state index < -0.39 is 10.0 Å². The van der Waals surface area contributed by atoms with Crippen LogP contribution in [-0.2, 0) is 21.4 Å². The lowest BCUT2D eigenvalue weighted by molar-refractivity contribution is 0.204. The summed E-state index contributed by atoms with van der Waals surface area (Å²) in [5, 5.41) is 10.6. The summed E-state index contributed by atoms with van der Waals surface area (Å²) in [7, 11) is -2.01. The molecule has 7 heteroatoms. The molecule has 0 bridgehead atoms. The molecule has 15 heavy (non-hydrogen) atoms. The van der Waals surface area contributed by atoms with Gasteiger partial charge < -0.3 is 9.84 Å². The van der Waals surface area contributed by atoms with Crippen molar-refractivity contribution in [3.8, 4) is 0 Å². The number of thiophene rings is 1. The topological polar surface area (TPSA) is 75.6 Å². The summed E-state index contributed by atoms with van der Waals surface area (Å²) in [6.45, 7) is 0.273. The molecule has 1 rings (SSSR count).